The Morgan fingerprint density at radius 3 is 2.76 bits per heavy atom. The third kappa shape index (κ3) is 2.45. The first-order valence-electron chi connectivity index (χ1n) is 6.56. The van der Waals surface area contributed by atoms with Gasteiger partial charge in [-0.2, -0.15) is 0 Å². The van der Waals surface area contributed by atoms with E-state index in [1.165, 1.54) is 19.2 Å². The van der Waals surface area contributed by atoms with E-state index in [0.717, 1.165) is 6.07 Å². The zero-order valence-corrected chi connectivity index (χ0v) is 11.3. The maximum absolute atomic E-state index is 13.9. The third-order valence-electron chi connectivity index (χ3n) is 3.61. The van der Waals surface area contributed by atoms with Crippen LogP contribution in [-0.2, 0) is 0 Å². The van der Waals surface area contributed by atoms with Gasteiger partial charge in [0.1, 0.15) is 17.6 Å². The first kappa shape index (κ1) is 13.8. The molecule has 5 heteroatoms. The lowest BCUT2D eigenvalue weighted by Crippen LogP contribution is -2.20. The van der Waals surface area contributed by atoms with Gasteiger partial charge in [0.2, 0.25) is 0 Å². The fraction of sp³-hybridized carbons (Fsp3) is 0.250. The standard InChI is InChI=1S/C16H14F2O3/c1-20-9-5-6-10-13(19)8-15(21-14(10)7-9)11-3-2-4-12(17)16(11)18/h2-7,13,15,19H,8H2,1H3/t13-,15?/m0/s1. The molecule has 1 N–H and O–H groups in total. The molecule has 2 atom stereocenters. The van der Waals surface area contributed by atoms with E-state index in [-0.39, 0.29) is 12.0 Å². The van der Waals surface area contributed by atoms with Gasteiger partial charge >= 0.3 is 0 Å². The highest BCUT2D eigenvalue weighted by Crippen LogP contribution is 2.42. The van der Waals surface area contributed by atoms with Crippen LogP contribution in [0, 0.1) is 11.6 Å². The summed E-state index contributed by atoms with van der Waals surface area (Å²) < 4.78 is 38.0. The largest absolute Gasteiger partial charge is 0.497 e. The van der Waals surface area contributed by atoms with E-state index in [0.29, 0.717) is 17.1 Å². The second-order valence-electron chi connectivity index (χ2n) is 4.90. The van der Waals surface area contributed by atoms with Gasteiger partial charge in [0, 0.05) is 23.6 Å². The SMILES string of the molecule is COc1ccc2c(c1)OC(c1cccc(F)c1F)C[C@@H]2O. The number of aliphatic hydroxyl groups excluding tert-OH is 1. The van der Waals surface area contributed by atoms with Crippen molar-refractivity contribution in [2.75, 3.05) is 7.11 Å². The van der Waals surface area contributed by atoms with Gasteiger partial charge in [-0.25, -0.2) is 8.78 Å². The molecule has 110 valence electrons. The van der Waals surface area contributed by atoms with E-state index >= 15 is 0 Å². The molecule has 0 saturated carbocycles. The lowest BCUT2D eigenvalue weighted by atomic mass is 9.94. The summed E-state index contributed by atoms with van der Waals surface area (Å²) in [4.78, 5) is 0. The summed E-state index contributed by atoms with van der Waals surface area (Å²) in [6.45, 7) is 0. The predicted molar refractivity (Wildman–Crippen MR) is 72.3 cm³/mol. The molecule has 21 heavy (non-hydrogen) atoms. The zero-order chi connectivity index (χ0) is 15.0. The Morgan fingerprint density at radius 2 is 2.00 bits per heavy atom. The highest BCUT2D eigenvalue weighted by atomic mass is 19.2. The van der Waals surface area contributed by atoms with Gasteiger partial charge in [0.25, 0.3) is 0 Å². The number of benzene rings is 2. The van der Waals surface area contributed by atoms with E-state index in [2.05, 4.69) is 0 Å². The van der Waals surface area contributed by atoms with Crippen LogP contribution in [0.5, 0.6) is 11.5 Å². The van der Waals surface area contributed by atoms with Crippen molar-refractivity contribution in [1.29, 1.82) is 0 Å². The molecular weight excluding hydrogens is 278 g/mol. The van der Waals surface area contributed by atoms with Crippen LogP contribution in [0.25, 0.3) is 0 Å². The Hall–Kier alpha value is -2.14. The fourth-order valence-electron chi connectivity index (χ4n) is 2.51. The van der Waals surface area contributed by atoms with Gasteiger partial charge in [-0.1, -0.05) is 12.1 Å². The number of rotatable bonds is 2. The molecule has 0 spiro atoms. The molecule has 0 aromatic heterocycles. The quantitative estimate of drug-likeness (QED) is 0.920. The fourth-order valence-corrected chi connectivity index (χ4v) is 2.51. The van der Waals surface area contributed by atoms with Crippen molar-refractivity contribution in [2.45, 2.75) is 18.6 Å². The maximum atomic E-state index is 13.9. The molecule has 2 aromatic rings. The summed E-state index contributed by atoms with van der Waals surface area (Å²) in [5, 5.41) is 10.2. The predicted octanol–water partition coefficient (Wildman–Crippen LogP) is 3.53. The van der Waals surface area contributed by atoms with Gasteiger partial charge in [0.05, 0.1) is 13.2 Å². The van der Waals surface area contributed by atoms with E-state index in [9.17, 15) is 13.9 Å². The van der Waals surface area contributed by atoms with Crippen LogP contribution in [0.1, 0.15) is 29.8 Å². The minimum absolute atomic E-state index is 0.0996. The molecule has 0 bridgehead atoms. The Bertz CT molecular complexity index is 673. The Labute approximate surface area is 120 Å². The van der Waals surface area contributed by atoms with Crippen molar-refractivity contribution in [3.8, 4) is 11.5 Å². The highest BCUT2D eigenvalue weighted by molar-refractivity contribution is 5.44. The van der Waals surface area contributed by atoms with Crippen LogP contribution in [0.3, 0.4) is 0 Å². The summed E-state index contributed by atoms with van der Waals surface area (Å²) in [7, 11) is 1.52. The normalized spacial score (nSPS) is 20.6. The number of hydrogen-bond donors (Lipinski definition) is 1. The monoisotopic (exact) mass is 292 g/mol. The molecule has 1 unspecified atom stereocenters. The van der Waals surface area contributed by atoms with Gasteiger partial charge in [-0.15, -0.1) is 0 Å². The molecule has 0 fully saturated rings. The molecule has 3 nitrogen and oxygen atoms in total. The minimum atomic E-state index is -0.943. The van der Waals surface area contributed by atoms with Gasteiger partial charge < -0.3 is 14.6 Å². The number of fused-ring (bicyclic) bond motifs is 1. The molecule has 1 heterocycles. The molecular formula is C16H14F2O3. The van der Waals surface area contributed by atoms with Crippen LogP contribution in [0.15, 0.2) is 36.4 Å². The lowest BCUT2D eigenvalue weighted by Gasteiger charge is -2.30. The summed E-state index contributed by atoms with van der Waals surface area (Å²) >= 11 is 0. The topological polar surface area (TPSA) is 38.7 Å². The number of ether oxygens (including phenoxy) is 2. The lowest BCUT2D eigenvalue weighted by molar-refractivity contribution is 0.0634. The second-order valence-corrected chi connectivity index (χ2v) is 4.90. The average Bonchev–Trinajstić information content (AvgIpc) is 2.49. The third-order valence-corrected chi connectivity index (χ3v) is 3.61. The van der Waals surface area contributed by atoms with Crippen molar-refractivity contribution in [2.24, 2.45) is 0 Å². The molecule has 0 saturated heterocycles. The van der Waals surface area contributed by atoms with E-state index < -0.39 is 23.8 Å². The van der Waals surface area contributed by atoms with Gasteiger partial charge in [-0.05, 0) is 18.2 Å². The van der Waals surface area contributed by atoms with Crippen molar-refractivity contribution in [3.05, 3.63) is 59.2 Å². The second kappa shape index (κ2) is 5.33. The van der Waals surface area contributed by atoms with E-state index in [4.69, 9.17) is 9.47 Å². The number of hydrogen-bond acceptors (Lipinski definition) is 3. The summed E-state index contributed by atoms with van der Waals surface area (Å²) in [5.41, 5.74) is 0.714. The number of halogens is 2. The van der Waals surface area contributed by atoms with Crippen molar-refractivity contribution in [3.63, 3.8) is 0 Å². The number of aliphatic hydroxyl groups is 1. The van der Waals surface area contributed by atoms with Crippen molar-refractivity contribution >= 4 is 0 Å². The Morgan fingerprint density at radius 1 is 1.19 bits per heavy atom. The Balaban J connectivity index is 1.99. The van der Waals surface area contributed by atoms with Crippen LogP contribution in [0.4, 0.5) is 8.78 Å². The summed E-state index contributed by atoms with van der Waals surface area (Å²) in [6.07, 6.45) is -1.37. The Kier molecular flexibility index (Phi) is 3.51. The van der Waals surface area contributed by atoms with Crippen molar-refractivity contribution < 1.29 is 23.4 Å². The number of methoxy groups -OCH3 is 1. The molecule has 0 radical (unpaired) electrons. The van der Waals surface area contributed by atoms with Crippen LogP contribution in [-0.4, -0.2) is 12.2 Å². The van der Waals surface area contributed by atoms with Gasteiger partial charge in [0.15, 0.2) is 11.6 Å². The van der Waals surface area contributed by atoms with Gasteiger partial charge in [-0.3, -0.25) is 0 Å². The molecule has 0 aliphatic carbocycles. The highest BCUT2D eigenvalue weighted by Gasteiger charge is 2.30. The summed E-state index contributed by atoms with van der Waals surface area (Å²) in [5.74, 6) is -0.883. The molecule has 1 aliphatic heterocycles. The molecule has 0 amide bonds. The van der Waals surface area contributed by atoms with Crippen molar-refractivity contribution in [1.82, 2.24) is 0 Å². The average molecular weight is 292 g/mol. The molecule has 2 aromatic carbocycles. The van der Waals surface area contributed by atoms with Crippen LogP contribution >= 0.6 is 0 Å². The van der Waals surface area contributed by atoms with Crippen LogP contribution in [0.2, 0.25) is 0 Å². The molecule has 1 aliphatic rings. The van der Waals surface area contributed by atoms with E-state index in [1.54, 1.807) is 18.2 Å². The first-order valence-corrected chi connectivity index (χ1v) is 6.56. The molecule has 3 rings (SSSR count). The zero-order valence-electron chi connectivity index (χ0n) is 11.3. The minimum Gasteiger partial charge on any atom is -0.497 e. The first-order chi connectivity index (χ1) is 10.1. The van der Waals surface area contributed by atoms with E-state index in [1.807, 2.05) is 0 Å². The smallest absolute Gasteiger partial charge is 0.165 e. The maximum Gasteiger partial charge on any atom is 0.165 e. The summed E-state index contributed by atoms with van der Waals surface area (Å²) in [6, 6.07) is 8.98. The van der Waals surface area contributed by atoms with Crippen LogP contribution < -0.4 is 9.47 Å².